The van der Waals surface area contributed by atoms with Crippen molar-refractivity contribution in [3.8, 4) is 0 Å². The number of halogens is 1. The normalized spacial score (nSPS) is 12.2. The number of aliphatic hydroxyl groups is 1. The molecule has 0 bridgehead atoms. The van der Waals surface area contributed by atoms with Gasteiger partial charge in [-0.25, -0.2) is 0 Å². The van der Waals surface area contributed by atoms with Crippen molar-refractivity contribution in [2.45, 2.75) is 26.4 Å². The van der Waals surface area contributed by atoms with Crippen LogP contribution in [0.1, 0.15) is 29.3 Å². The average molecular weight is 301 g/mol. The van der Waals surface area contributed by atoms with Crippen LogP contribution in [0.4, 0.5) is 5.69 Å². The number of amides is 1. The Balaban J connectivity index is 2.75. The first kappa shape index (κ1) is 14.0. The summed E-state index contributed by atoms with van der Waals surface area (Å²) in [6.07, 6.45) is 0.123. The maximum atomic E-state index is 11.9. The van der Waals surface area contributed by atoms with Crippen molar-refractivity contribution in [1.82, 2.24) is 5.32 Å². The molecule has 94 valence electrons. The minimum Gasteiger partial charge on any atom is -0.398 e. The second-order valence-corrected chi connectivity index (χ2v) is 4.98. The molecule has 0 spiro atoms. The zero-order chi connectivity index (χ0) is 13.0. The van der Waals surface area contributed by atoms with Gasteiger partial charge in [-0.05, 0) is 38.0 Å². The lowest BCUT2D eigenvalue weighted by molar-refractivity contribution is 0.0945. The number of carbonyl (C=O) groups is 1. The maximum absolute atomic E-state index is 11.9. The van der Waals surface area contributed by atoms with Crippen molar-refractivity contribution in [2.24, 2.45) is 0 Å². The van der Waals surface area contributed by atoms with Gasteiger partial charge in [0.1, 0.15) is 0 Å². The zero-order valence-electron chi connectivity index (χ0n) is 9.96. The number of carbonyl (C=O) groups excluding carboxylic acids is 1. The highest BCUT2D eigenvalue weighted by atomic mass is 79.9. The zero-order valence-corrected chi connectivity index (χ0v) is 11.5. The van der Waals surface area contributed by atoms with Crippen molar-refractivity contribution >= 4 is 27.5 Å². The second kappa shape index (κ2) is 6.02. The summed E-state index contributed by atoms with van der Waals surface area (Å²) in [6, 6.07) is 3.51. The van der Waals surface area contributed by atoms with Crippen LogP contribution in [0.2, 0.25) is 0 Å². The summed E-state index contributed by atoms with van der Waals surface area (Å²) in [5.74, 6) is -0.170. The fourth-order valence-electron chi connectivity index (χ4n) is 1.43. The summed E-state index contributed by atoms with van der Waals surface area (Å²) >= 11 is 3.31. The molecule has 5 heteroatoms. The lowest BCUT2D eigenvalue weighted by atomic mass is 10.1. The molecule has 1 aromatic rings. The van der Waals surface area contributed by atoms with Gasteiger partial charge >= 0.3 is 0 Å². The predicted octanol–water partition coefficient (Wildman–Crippen LogP) is 1.84. The molecule has 0 aromatic heterocycles. The molecular weight excluding hydrogens is 284 g/mol. The first-order chi connectivity index (χ1) is 7.91. The highest BCUT2D eigenvalue weighted by Crippen LogP contribution is 2.22. The van der Waals surface area contributed by atoms with Gasteiger partial charge in [-0.2, -0.15) is 0 Å². The van der Waals surface area contributed by atoms with Crippen LogP contribution in [0.5, 0.6) is 0 Å². The van der Waals surface area contributed by atoms with E-state index in [2.05, 4.69) is 21.2 Å². The van der Waals surface area contributed by atoms with E-state index < -0.39 is 6.10 Å². The van der Waals surface area contributed by atoms with Gasteiger partial charge in [0, 0.05) is 22.3 Å². The number of rotatable bonds is 4. The third-order valence-electron chi connectivity index (χ3n) is 2.50. The largest absolute Gasteiger partial charge is 0.398 e. The summed E-state index contributed by atoms with van der Waals surface area (Å²) in [5.41, 5.74) is 7.69. The molecule has 0 aliphatic heterocycles. The lowest BCUT2D eigenvalue weighted by Gasteiger charge is -2.11. The van der Waals surface area contributed by atoms with Gasteiger partial charge < -0.3 is 16.2 Å². The van der Waals surface area contributed by atoms with Gasteiger partial charge in [-0.15, -0.1) is 0 Å². The van der Waals surface area contributed by atoms with E-state index in [1.54, 1.807) is 19.1 Å². The fourth-order valence-corrected chi connectivity index (χ4v) is 1.90. The first-order valence-electron chi connectivity index (χ1n) is 5.43. The highest BCUT2D eigenvalue weighted by molar-refractivity contribution is 9.10. The monoisotopic (exact) mass is 300 g/mol. The van der Waals surface area contributed by atoms with Crippen molar-refractivity contribution in [2.75, 3.05) is 12.3 Å². The molecule has 4 nitrogen and oxygen atoms in total. The molecule has 4 N–H and O–H groups in total. The Hall–Kier alpha value is -1.07. The molecule has 0 aliphatic rings. The van der Waals surface area contributed by atoms with E-state index in [9.17, 15) is 4.79 Å². The van der Waals surface area contributed by atoms with E-state index in [1.807, 2.05) is 6.92 Å². The minimum atomic E-state index is -0.413. The maximum Gasteiger partial charge on any atom is 0.251 e. The number of aliphatic hydroxyl groups excluding tert-OH is 1. The number of nitrogen functional groups attached to an aromatic ring is 1. The Morgan fingerprint density at radius 1 is 1.59 bits per heavy atom. The highest BCUT2D eigenvalue weighted by Gasteiger charge is 2.11. The van der Waals surface area contributed by atoms with Gasteiger partial charge in [0.05, 0.1) is 6.10 Å². The van der Waals surface area contributed by atoms with Gasteiger partial charge in [-0.3, -0.25) is 4.79 Å². The van der Waals surface area contributed by atoms with Crippen molar-refractivity contribution < 1.29 is 9.90 Å². The average Bonchev–Trinajstić information content (AvgIpc) is 2.22. The van der Waals surface area contributed by atoms with E-state index >= 15 is 0 Å². The summed E-state index contributed by atoms with van der Waals surface area (Å²) in [6.45, 7) is 3.95. The molecular formula is C12H17BrN2O2. The standard InChI is InChI=1S/C12H17BrN2O2/c1-7(16)3-4-15-12(17)10-5-9(13)6-11(14)8(10)2/h5-7,16H,3-4,14H2,1-2H3,(H,15,17). The number of anilines is 1. The first-order valence-corrected chi connectivity index (χ1v) is 6.23. The third kappa shape index (κ3) is 4.02. The van der Waals surface area contributed by atoms with Gasteiger partial charge in [-0.1, -0.05) is 15.9 Å². The van der Waals surface area contributed by atoms with E-state index in [0.29, 0.717) is 24.2 Å². The summed E-state index contributed by atoms with van der Waals surface area (Å²) in [5, 5.41) is 11.9. The van der Waals surface area contributed by atoms with Crippen LogP contribution in [-0.4, -0.2) is 23.7 Å². The Labute approximate surface area is 109 Å². The summed E-state index contributed by atoms with van der Waals surface area (Å²) < 4.78 is 0.779. The molecule has 1 amide bonds. The molecule has 1 rings (SSSR count). The number of hydrogen-bond donors (Lipinski definition) is 3. The molecule has 0 radical (unpaired) electrons. The number of nitrogens with two attached hydrogens (primary N) is 1. The number of benzene rings is 1. The third-order valence-corrected chi connectivity index (χ3v) is 2.96. The van der Waals surface area contributed by atoms with Crippen LogP contribution >= 0.6 is 15.9 Å². The molecule has 0 heterocycles. The topological polar surface area (TPSA) is 75.4 Å². The second-order valence-electron chi connectivity index (χ2n) is 4.06. The molecule has 0 saturated carbocycles. The van der Waals surface area contributed by atoms with Crippen LogP contribution in [0.25, 0.3) is 0 Å². The van der Waals surface area contributed by atoms with E-state index in [0.717, 1.165) is 10.0 Å². The quantitative estimate of drug-likeness (QED) is 0.743. The lowest BCUT2D eigenvalue weighted by Crippen LogP contribution is -2.27. The predicted molar refractivity (Wildman–Crippen MR) is 71.9 cm³/mol. The van der Waals surface area contributed by atoms with Gasteiger partial charge in [0.2, 0.25) is 0 Å². The molecule has 0 aliphatic carbocycles. The Morgan fingerprint density at radius 2 is 2.24 bits per heavy atom. The Kier molecular flexibility index (Phi) is 4.96. The molecule has 17 heavy (non-hydrogen) atoms. The summed E-state index contributed by atoms with van der Waals surface area (Å²) in [7, 11) is 0. The van der Waals surface area contributed by atoms with Crippen molar-refractivity contribution in [3.63, 3.8) is 0 Å². The van der Waals surface area contributed by atoms with Crippen LogP contribution in [-0.2, 0) is 0 Å². The minimum absolute atomic E-state index is 0.170. The summed E-state index contributed by atoms with van der Waals surface area (Å²) in [4.78, 5) is 11.9. The van der Waals surface area contributed by atoms with E-state index in [4.69, 9.17) is 10.8 Å². The van der Waals surface area contributed by atoms with Crippen LogP contribution in [0.3, 0.4) is 0 Å². The SMILES string of the molecule is Cc1c(N)cc(Br)cc1C(=O)NCCC(C)O. The van der Waals surface area contributed by atoms with Crippen LogP contribution < -0.4 is 11.1 Å². The van der Waals surface area contributed by atoms with Gasteiger partial charge in [0.15, 0.2) is 0 Å². The molecule has 1 atom stereocenters. The molecule has 0 fully saturated rings. The Morgan fingerprint density at radius 3 is 2.82 bits per heavy atom. The number of hydrogen-bond acceptors (Lipinski definition) is 3. The van der Waals surface area contributed by atoms with Crippen LogP contribution in [0.15, 0.2) is 16.6 Å². The fraction of sp³-hybridized carbons (Fsp3) is 0.417. The van der Waals surface area contributed by atoms with Crippen molar-refractivity contribution in [1.29, 1.82) is 0 Å². The van der Waals surface area contributed by atoms with Gasteiger partial charge in [0.25, 0.3) is 5.91 Å². The van der Waals surface area contributed by atoms with E-state index in [1.165, 1.54) is 0 Å². The molecule has 1 aromatic carbocycles. The smallest absolute Gasteiger partial charge is 0.251 e. The van der Waals surface area contributed by atoms with Crippen molar-refractivity contribution in [3.05, 3.63) is 27.7 Å². The molecule has 1 unspecified atom stereocenters. The molecule has 0 saturated heterocycles. The Bertz CT molecular complexity index is 419. The van der Waals surface area contributed by atoms with E-state index in [-0.39, 0.29) is 5.91 Å². The number of nitrogens with one attached hydrogen (secondary N) is 1. The van der Waals surface area contributed by atoms with Crippen LogP contribution in [0, 0.1) is 6.92 Å².